The second kappa shape index (κ2) is 7.41. The summed E-state index contributed by atoms with van der Waals surface area (Å²) in [4.78, 5) is 13.6. The third-order valence-corrected chi connectivity index (χ3v) is 2.62. The van der Waals surface area contributed by atoms with E-state index < -0.39 is 0 Å². The third kappa shape index (κ3) is 5.28. The van der Waals surface area contributed by atoms with Crippen molar-refractivity contribution >= 4 is 5.91 Å². The molecule has 1 rings (SSSR count). The lowest BCUT2D eigenvalue weighted by atomic mass is 10.1. The summed E-state index contributed by atoms with van der Waals surface area (Å²) in [7, 11) is 0. The first kappa shape index (κ1) is 13.2. The Labute approximate surface area is 97.6 Å². The zero-order chi connectivity index (χ0) is 11.8. The van der Waals surface area contributed by atoms with Gasteiger partial charge < -0.3 is 10.1 Å². The van der Waals surface area contributed by atoms with Gasteiger partial charge in [0, 0.05) is 26.2 Å². The Morgan fingerprint density at radius 3 is 2.81 bits per heavy atom. The van der Waals surface area contributed by atoms with Crippen LogP contribution in [0.25, 0.3) is 0 Å². The van der Waals surface area contributed by atoms with Crippen LogP contribution in [0, 0.1) is 5.92 Å². The third-order valence-electron chi connectivity index (χ3n) is 2.62. The summed E-state index contributed by atoms with van der Waals surface area (Å²) in [5.41, 5.74) is 0. The van der Waals surface area contributed by atoms with Gasteiger partial charge in [0.1, 0.15) is 0 Å². The van der Waals surface area contributed by atoms with Gasteiger partial charge in [0.2, 0.25) is 5.91 Å². The Morgan fingerprint density at radius 1 is 1.50 bits per heavy atom. The molecule has 1 aliphatic heterocycles. The molecule has 4 heteroatoms. The minimum absolute atomic E-state index is 0.00340. The van der Waals surface area contributed by atoms with Crippen molar-refractivity contribution in [3.63, 3.8) is 0 Å². The van der Waals surface area contributed by atoms with Gasteiger partial charge in [0.15, 0.2) is 0 Å². The molecule has 92 valence electrons. The molecule has 1 N–H and O–H groups in total. The fraction of sp³-hybridized carbons (Fsp3) is 0.750. The minimum Gasteiger partial charge on any atom is -0.379 e. The average molecular weight is 226 g/mol. The van der Waals surface area contributed by atoms with Crippen LogP contribution in [-0.2, 0) is 9.53 Å². The molecule has 0 aromatic heterocycles. The van der Waals surface area contributed by atoms with Crippen LogP contribution in [0.2, 0.25) is 0 Å². The van der Waals surface area contributed by atoms with Crippen molar-refractivity contribution in [2.45, 2.75) is 13.8 Å². The molecule has 16 heavy (non-hydrogen) atoms. The van der Waals surface area contributed by atoms with E-state index in [1.54, 1.807) is 12.2 Å². The standard InChI is InChI=1S/C12H22N2O2/c1-3-4-12(15)13-9-11(2)10-14-5-7-16-8-6-14/h3-4,11H,5-10H2,1-2H3,(H,13,15)/b4-3+. The van der Waals surface area contributed by atoms with E-state index >= 15 is 0 Å². The summed E-state index contributed by atoms with van der Waals surface area (Å²) in [6, 6.07) is 0. The van der Waals surface area contributed by atoms with Crippen molar-refractivity contribution in [1.29, 1.82) is 0 Å². The SMILES string of the molecule is C/C=C/C(=O)NCC(C)CN1CCOCC1. The maximum absolute atomic E-state index is 11.2. The minimum atomic E-state index is -0.00340. The highest BCUT2D eigenvalue weighted by molar-refractivity contribution is 5.87. The summed E-state index contributed by atoms with van der Waals surface area (Å²) in [5, 5.41) is 2.89. The van der Waals surface area contributed by atoms with E-state index in [4.69, 9.17) is 4.74 Å². The first-order valence-corrected chi connectivity index (χ1v) is 5.93. The van der Waals surface area contributed by atoms with Crippen LogP contribution in [0.1, 0.15) is 13.8 Å². The number of morpholine rings is 1. The van der Waals surface area contributed by atoms with Crippen LogP contribution in [-0.4, -0.2) is 50.2 Å². The molecule has 1 unspecified atom stereocenters. The van der Waals surface area contributed by atoms with Crippen LogP contribution >= 0.6 is 0 Å². The molecule has 1 fully saturated rings. The normalized spacial score (nSPS) is 19.9. The number of carbonyl (C=O) groups excluding carboxylic acids is 1. The van der Waals surface area contributed by atoms with Gasteiger partial charge in [-0.05, 0) is 18.9 Å². The predicted octanol–water partition coefficient (Wildman–Crippen LogP) is 0.647. The number of allylic oxidation sites excluding steroid dienone is 1. The van der Waals surface area contributed by atoms with Crippen molar-refractivity contribution in [1.82, 2.24) is 10.2 Å². The molecular weight excluding hydrogens is 204 g/mol. The Balaban J connectivity index is 2.14. The lowest BCUT2D eigenvalue weighted by Gasteiger charge is -2.29. The number of rotatable bonds is 5. The second-order valence-corrected chi connectivity index (χ2v) is 4.26. The molecule has 0 bridgehead atoms. The van der Waals surface area contributed by atoms with Crippen LogP contribution in [0.5, 0.6) is 0 Å². The Kier molecular flexibility index (Phi) is 6.11. The van der Waals surface area contributed by atoms with Crippen LogP contribution in [0.15, 0.2) is 12.2 Å². The first-order chi connectivity index (χ1) is 7.72. The molecule has 1 aliphatic rings. The lowest BCUT2D eigenvalue weighted by Crippen LogP contribution is -2.41. The highest BCUT2D eigenvalue weighted by atomic mass is 16.5. The number of amides is 1. The van der Waals surface area contributed by atoms with Gasteiger partial charge in [0.25, 0.3) is 0 Å². The van der Waals surface area contributed by atoms with Crippen LogP contribution in [0.3, 0.4) is 0 Å². The van der Waals surface area contributed by atoms with Crippen molar-refractivity contribution in [2.24, 2.45) is 5.92 Å². The lowest BCUT2D eigenvalue weighted by molar-refractivity contribution is -0.116. The summed E-state index contributed by atoms with van der Waals surface area (Å²) < 4.78 is 5.29. The Bertz CT molecular complexity index is 235. The molecular formula is C12H22N2O2. The van der Waals surface area contributed by atoms with E-state index in [9.17, 15) is 4.79 Å². The second-order valence-electron chi connectivity index (χ2n) is 4.26. The van der Waals surface area contributed by atoms with Gasteiger partial charge in [-0.25, -0.2) is 0 Å². The average Bonchev–Trinajstić information content (AvgIpc) is 2.28. The summed E-state index contributed by atoms with van der Waals surface area (Å²) >= 11 is 0. The molecule has 1 heterocycles. The number of carbonyl (C=O) groups is 1. The highest BCUT2D eigenvalue weighted by Gasteiger charge is 2.13. The van der Waals surface area contributed by atoms with E-state index in [0.717, 1.165) is 39.4 Å². The fourth-order valence-electron chi connectivity index (χ4n) is 1.77. The van der Waals surface area contributed by atoms with Crippen LogP contribution < -0.4 is 5.32 Å². The molecule has 0 aliphatic carbocycles. The number of hydrogen-bond acceptors (Lipinski definition) is 3. The number of nitrogens with one attached hydrogen (secondary N) is 1. The largest absolute Gasteiger partial charge is 0.379 e. The maximum Gasteiger partial charge on any atom is 0.243 e. The number of ether oxygens (including phenoxy) is 1. The summed E-state index contributed by atoms with van der Waals surface area (Å²) in [5.74, 6) is 0.476. The molecule has 0 spiro atoms. The van der Waals surface area contributed by atoms with E-state index in [0.29, 0.717) is 5.92 Å². The molecule has 0 radical (unpaired) electrons. The smallest absolute Gasteiger partial charge is 0.243 e. The zero-order valence-corrected chi connectivity index (χ0v) is 10.2. The Morgan fingerprint density at radius 2 is 2.19 bits per heavy atom. The van der Waals surface area contributed by atoms with Gasteiger partial charge in [-0.2, -0.15) is 0 Å². The first-order valence-electron chi connectivity index (χ1n) is 5.93. The fourth-order valence-corrected chi connectivity index (χ4v) is 1.77. The molecule has 0 aromatic rings. The van der Waals surface area contributed by atoms with Crippen molar-refractivity contribution < 1.29 is 9.53 Å². The monoisotopic (exact) mass is 226 g/mol. The van der Waals surface area contributed by atoms with E-state index in [2.05, 4.69) is 17.1 Å². The van der Waals surface area contributed by atoms with E-state index in [1.165, 1.54) is 0 Å². The quantitative estimate of drug-likeness (QED) is 0.700. The van der Waals surface area contributed by atoms with Gasteiger partial charge in [-0.3, -0.25) is 9.69 Å². The molecule has 0 aromatic carbocycles. The molecule has 1 amide bonds. The van der Waals surface area contributed by atoms with Crippen molar-refractivity contribution in [3.05, 3.63) is 12.2 Å². The van der Waals surface area contributed by atoms with Gasteiger partial charge in [-0.1, -0.05) is 13.0 Å². The van der Waals surface area contributed by atoms with Gasteiger partial charge in [0.05, 0.1) is 13.2 Å². The Hall–Kier alpha value is -0.870. The van der Waals surface area contributed by atoms with Crippen molar-refractivity contribution in [2.75, 3.05) is 39.4 Å². The number of hydrogen-bond donors (Lipinski definition) is 1. The summed E-state index contributed by atoms with van der Waals surface area (Å²) in [6.07, 6.45) is 3.31. The zero-order valence-electron chi connectivity index (χ0n) is 10.2. The van der Waals surface area contributed by atoms with E-state index in [1.807, 2.05) is 6.92 Å². The highest BCUT2D eigenvalue weighted by Crippen LogP contribution is 2.02. The van der Waals surface area contributed by atoms with E-state index in [-0.39, 0.29) is 5.91 Å². The maximum atomic E-state index is 11.2. The van der Waals surface area contributed by atoms with Crippen LogP contribution in [0.4, 0.5) is 0 Å². The van der Waals surface area contributed by atoms with Crippen molar-refractivity contribution in [3.8, 4) is 0 Å². The predicted molar refractivity (Wildman–Crippen MR) is 64.2 cm³/mol. The van der Waals surface area contributed by atoms with Gasteiger partial charge in [-0.15, -0.1) is 0 Å². The molecule has 1 saturated heterocycles. The number of nitrogens with zero attached hydrogens (tertiary/aromatic N) is 1. The molecule has 4 nitrogen and oxygen atoms in total. The topological polar surface area (TPSA) is 41.6 Å². The molecule has 1 atom stereocenters. The van der Waals surface area contributed by atoms with Gasteiger partial charge >= 0.3 is 0 Å². The molecule has 0 saturated carbocycles. The summed E-state index contributed by atoms with van der Waals surface area (Å²) in [6.45, 7) is 9.44.